The Morgan fingerprint density at radius 1 is 1.05 bits per heavy atom. The summed E-state index contributed by atoms with van der Waals surface area (Å²) in [6, 6.07) is 6.93. The van der Waals surface area contributed by atoms with Gasteiger partial charge in [-0.05, 0) is 25.5 Å². The fraction of sp³-hybridized carbons (Fsp3) is 0.529. The molecule has 0 saturated carbocycles. The molecule has 4 heteroatoms. The van der Waals surface area contributed by atoms with Crippen LogP contribution in [0.1, 0.15) is 62.7 Å². The van der Waals surface area contributed by atoms with Crippen molar-refractivity contribution >= 4 is 17.6 Å². The normalized spacial score (nSPS) is 10.2. The molecule has 0 bridgehead atoms. The van der Waals surface area contributed by atoms with Crippen LogP contribution in [0.2, 0.25) is 0 Å². The van der Waals surface area contributed by atoms with Crippen LogP contribution in [0.25, 0.3) is 0 Å². The summed E-state index contributed by atoms with van der Waals surface area (Å²) < 4.78 is 4.99. The van der Waals surface area contributed by atoms with Crippen LogP contribution in [0.15, 0.2) is 24.3 Å². The molecule has 0 aliphatic heterocycles. The van der Waals surface area contributed by atoms with Gasteiger partial charge in [0.2, 0.25) is 5.91 Å². The second-order valence-corrected chi connectivity index (χ2v) is 4.98. The molecule has 0 radical (unpaired) electrons. The number of esters is 1. The molecule has 4 nitrogen and oxygen atoms in total. The van der Waals surface area contributed by atoms with E-state index >= 15 is 0 Å². The van der Waals surface area contributed by atoms with Crippen molar-refractivity contribution in [2.45, 2.75) is 52.4 Å². The molecule has 1 N–H and O–H groups in total. The number of benzene rings is 1. The van der Waals surface area contributed by atoms with E-state index in [9.17, 15) is 9.59 Å². The van der Waals surface area contributed by atoms with Crippen LogP contribution in [-0.4, -0.2) is 18.5 Å². The molecule has 1 aromatic rings. The van der Waals surface area contributed by atoms with Crippen LogP contribution in [0.3, 0.4) is 0 Å². The zero-order valence-electron chi connectivity index (χ0n) is 13.0. The fourth-order valence-corrected chi connectivity index (χ4v) is 2.08. The minimum absolute atomic E-state index is 0.0525. The highest BCUT2D eigenvalue weighted by molar-refractivity contribution is 6.01. The van der Waals surface area contributed by atoms with Crippen molar-refractivity contribution < 1.29 is 14.3 Å². The Hall–Kier alpha value is -1.84. The molecule has 0 spiro atoms. The molecule has 0 aromatic heterocycles. The lowest BCUT2D eigenvalue weighted by molar-refractivity contribution is -0.116. The van der Waals surface area contributed by atoms with Crippen molar-refractivity contribution in [3.05, 3.63) is 29.8 Å². The molecule has 0 aliphatic rings. The van der Waals surface area contributed by atoms with Crippen LogP contribution in [0.4, 0.5) is 5.69 Å². The summed E-state index contributed by atoms with van der Waals surface area (Å²) in [5.41, 5.74) is 0.924. The molecular weight excluding hydrogens is 266 g/mol. The van der Waals surface area contributed by atoms with E-state index in [1.807, 2.05) is 0 Å². The van der Waals surface area contributed by atoms with Crippen LogP contribution in [0.5, 0.6) is 0 Å². The Labute approximate surface area is 126 Å². The molecule has 1 rings (SSSR count). The molecule has 21 heavy (non-hydrogen) atoms. The zero-order valence-corrected chi connectivity index (χ0v) is 13.0. The van der Waals surface area contributed by atoms with E-state index in [4.69, 9.17) is 4.74 Å². The van der Waals surface area contributed by atoms with Gasteiger partial charge in [0.15, 0.2) is 0 Å². The highest BCUT2D eigenvalue weighted by Crippen LogP contribution is 2.17. The topological polar surface area (TPSA) is 55.4 Å². The third-order valence-corrected chi connectivity index (χ3v) is 3.20. The van der Waals surface area contributed by atoms with Gasteiger partial charge in [-0.25, -0.2) is 4.79 Å². The second-order valence-electron chi connectivity index (χ2n) is 4.98. The van der Waals surface area contributed by atoms with Crippen molar-refractivity contribution in [2.24, 2.45) is 0 Å². The monoisotopic (exact) mass is 291 g/mol. The van der Waals surface area contributed by atoms with E-state index in [2.05, 4.69) is 12.2 Å². The Balaban J connectivity index is 2.50. The van der Waals surface area contributed by atoms with E-state index in [1.165, 1.54) is 19.3 Å². The zero-order chi connectivity index (χ0) is 15.5. The van der Waals surface area contributed by atoms with E-state index in [1.54, 1.807) is 31.2 Å². The summed E-state index contributed by atoms with van der Waals surface area (Å²) in [5, 5.41) is 2.80. The van der Waals surface area contributed by atoms with Gasteiger partial charge in [-0.1, -0.05) is 44.7 Å². The largest absolute Gasteiger partial charge is 0.462 e. The second kappa shape index (κ2) is 9.97. The highest BCUT2D eigenvalue weighted by atomic mass is 16.5. The predicted octanol–water partition coefficient (Wildman–Crippen LogP) is 4.16. The first-order valence-corrected chi connectivity index (χ1v) is 7.75. The molecule has 0 aliphatic carbocycles. The average molecular weight is 291 g/mol. The first-order chi connectivity index (χ1) is 10.2. The van der Waals surface area contributed by atoms with Gasteiger partial charge in [-0.15, -0.1) is 0 Å². The lowest BCUT2D eigenvalue weighted by Crippen LogP contribution is -2.15. The maximum Gasteiger partial charge on any atom is 0.340 e. The molecule has 1 aromatic carbocycles. The Morgan fingerprint density at radius 2 is 1.76 bits per heavy atom. The van der Waals surface area contributed by atoms with E-state index < -0.39 is 5.97 Å². The number of carbonyl (C=O) groups excluding carboxylic acids is 2. The number of unbranched alkanes of at least 4 members (excludes halogenated alkanes) is 4. The van der Waals surface area contributed by atoms with E-state index in [0.29, 0.717) is 24.3 Å². The first kappa shape index (κ1) is 17.2. The summed E-state index contributed by atoms with van der Waals surface area (Å²) in [5.74, 6) is -0.459. The summed E-state index contributed by atoms with van der Waals surface area (Å²) in [6.07, 6.45) is 6.02. The smallest absolute Gasteiger partial charge is 0.340 e. The van der Waals surface area contributed by atoms with Gasteiger partial charge in [0.1, 0.15) is 0 Å². The first-order valence-electron chi connectivity index (χ1n) is 7.75. The van der Waals surface area contributed by atoms with Gasteiger partial charge in [0.05, 0.1) is 17.9 Å². The summed E-state index contributed by atoms with van der Waals surface area (Å²) in [7, 11) is 0. The quantitative estimate of drug-likeness (QED) is 0.549. The molecule has 0 atom stereocenters. The molecule has 0 unspecified atom stereocenters. The van der Waals surface area contributed by atoms with Gasteiger partial charge in [-0.3, -0.25) is 4.79 Å². The van der Waals surface area contributed by atoms with Crippen molar-refractivity contribution in [1.82, 2.24) is 0 Å². The van der Waals surface area contributed by atoms with Gasteiger partial charge < -0.3 is 10.1 Å². The van der Waals surface area contributed by atoms with E-state index in [-0.39, 0.29) is 5.91 Å². The molecule has 1 amide bonds. The molecule has 0 heterocycles. The predicted molar refractivity (Wildman–Crippen MR) is 84.4 cm³/mol. The number of hydrogen-bond acceptors (Lipinski definition) is 3. The maximum absolute atomic E-state index is 11.9. The van der Waals surface area contributed by atoms with E-state index in [0.717, 1.165) is 12.8 Å². The van der Waals surface area contributed by atoms with Crippen molar-refractivity contribution in [3.8, 4) is 0 Å². The molecule has 0 saturated heterocycles. The lowest BCUT2D eigenvalue weighted by Gasteiger charge is -2.10. The number of carbonyl (C=O) groups is 2. The number of anilines is 1. The minimum atomic E-state index is -0.406. The highest BCUT2D eigenvalue weighted by Gasteiger charge is 2.13. The van der Waals surface area contributed by atoms with Gasteiger partial charge in [0.25, 0.3) is 0 Å². The number of rotatable bonds is 9. The van der Waals surface area contributed by atoms with Gasteiger partial charge in [-0.2, -0.15) is 0 Å². The van der Waals surface area contributed by atoms with Crippen molar-refractivity contribution in [2.75, 3.05) is 11.9 Å². The number of nitrogens with one attached hydrogen (secondary N) is 1. The number of amides is 1. The third kappa shape index (κ3) is 6.43. The lowest BCUT2D eigenvalue weighted by atomic mass is 10.1. The number of ether oxygens (including phenoxy) is 1. The minimum Gasteiger partial charge on any atom is -0.462 e. The molecule has 0 fully saturated rings. The number of hydrogen-bond donors (Lipinski definition) is 1. The van der Waals surface area contributed by atoms with Crippen LogP contribution < -0.4 is 5.32 Å². The molecule has 116 valence electrons. The van der Waals surface area contributed by atoms with Crippen LogP contribution in [0, 0.1) is 0 Å². The standard InChI is InChI=1S/C17H25NO3/c1-3-5-6-7-8-13-16(19)18-15-12-10-9-11-14(15)17(20)21-4-2/h9-12H,3-8,13H2,1-2H3,(H,18,19). The summed E-state index contributed by atoms with van der Waals surface area (Å²) >= 11 is 0. The van der Waals surface area contributed by atoms with Crippen molar-refractivity contribution in [1.29, 1.82) is 0 Å². The Morgan fingerprint density at radius 3 is 2.48 bits per heavy atom. The number of para-hydroxylation sites is 1. The average Bonchev–Trinajstić information content (AvgIpc) is 2.48. The van der Waals surface area contributed by atoms with Gasteiger partial charge >= 0.3 is 5.97 Å². The maximum atomic E-state index is 11.9. The third-order valence-electron chi connectivity index (χ3n) is 3.20. The van der Waals surface area contributed by atoms with Crippen molar-refractivity contribution in [3.63, 3.8) is 0 Å². The fourth-order valence-electron chi connectivity index (χ4n) is 2.08. The SMILES string of the molecule is CCCCCCCC(=O)Nc1ccccc1C(=O)OCC. The summed E-state index contributed by atoms with van der Waals surface area (Å²) in [6.45, 7) is 4.24. The molecular formula is C17H25NO3. The Kier molecular flexibility index (Phi) is 8.17. The van der Waals surface area contributed by atoms with Gasteiger partial charge in [0, 0.05) is 6.42 Å². The van der Waals surface area contributed by atoms with Crippen LogP contribution in [-0.2, 0) is 9.53 Å². The van der Waals surface area contributed by atoms with Crippen LogP contribution >= 0.6 is 0 Å². The Bertz CT molecular complexity index is 457. The summed E-state index contributed by atoms with van der Waals surface area (Å²) in [4.78, 5) is 23.7.